The van der Waals surface area contributed by atoms with Crippen LogP contribution in [0.4, 0.5) is 5.69 Å². The fraction of sp³-hybridized carbons (Fsp3) is 0.400. The van der Waals surface area contributed by atoms with E-state index in [-0.39, 0.29) is 12.0 Å². The average molecular weight is 296 g/mol. The molecule has 1 aromatic rings. The Morgan fingerprint density at radius 3 is 3.10 bits per heavy atom. The molecule has 1 aromatic carbocycles. The molecule has 0 aromatic heterocycles. The van der Waals surface area contributed by atoms with Crippen molar-refractivity contribution in [2.75, 3.05) is 18.5 Å². The lowest BCUT2D eigenvalue weighted by Gasteiger charge is -2.23. The number of carbonyl (C=O) groups is 1. The first-order valence-corrected chi connectivity index (χ1v) is 7.04. The lowest BCUT2D eigenvalue weighted by Crippen LogP contribution is -2.26. The number of hydrogen-bond donors (Lipinski definition) is 1. The van der Waals surface area contributed by atoms with Gasteiger partial charge in [0.25, 0.3) is 0 Å². The van der Waals surface area contributed by atoms with E-state index in [1.54, 1.807) is 18.2 Å². The number of rotatable bonds is 5. The summed E-state index contributed by atoms with van der Waals surface area (Å²) in [5, 5.41) is 3.21. The van der Waals surface area contributed by atoms with Crippen molar-refractivity contribution in [1.82, 2.24) is 0 Å². The summed E-state index contributed by atoms with van der Waals surface area (Å²) in [6.45, 7) is 4.68. The van der Waals surface area contributed by atoms with Crippen LogP contribution in [0.5, 0.6) is 5.75 Å². The molecule has 1 N–H and O–H groups in total. The molecule has 2 rings (SSSR count). The van der Waals surface area contributed by atoms with Gasteiger partial charge in [-0.3, -0.25) is 4.79 Å². The molecule has 20 heavy (non-hydrogen) atoms. The van der Waals surface area contributed by atoms with Crippen LogP contribution in [0.1, 0.15) is 19.3 Å². The van der Waals surface area contributed by atoms with E-state index in [1.807, 2.05) is 0 Å². The Labute approximate surface area is 123 Å². The highest BCUT2D eigenvalue weighted by molar-refractivity contribution is 6.31. The Balaban J connectivity index is 2.01. The molecule has 0 saturated carbocycles. The molecule has 1 atom stereocenters. The molecule has 1 saturated heterocycles. The van der Waals surface area contributed by atoms with Crippen LogP contribution in [0.3, 0.4) is 0 Å². The van der Waals surface area contributed by atoms with Crippen molar-refractivity contribution in [3.05, 3.63) is 35.9 Å². The molecule has 108 valence electrons. The molecule has 1 aliphatic rings. The molecule has 1 aliphatic heterocycles. The van der Waals surface area contributed by atoms with Gasteiger partial charge in [0, 0.05) is 11.6 Å². The van der Waals surface area contributed by atoms with Gasteiger partial charge < -0.3 is 14.8 Å². The molecule has 1 unspecified atom stereocenters. The second kappa shape index (κ2) is 7.31. The molecular weight excluding hydrogens is 278 g/mol. The van der Waals surface area contributed by atoms with Crippen LogP contribution in [0.2, 0.25) is 5.02 Å². The molecule has 1 heterocycles. The van der Waals surface area contributed by atoms with Gasteiger partial charge >= 0.3 is 0 Å². The van der Waals surface area contributed by atoms with Crippen LogP contribution in [-0.4, -0.2) is 25.2 Å². The topological polar surface area (TPSA) is 47.6 Å². The van der Waals surface area contributed by atoms with Crippen LogP contribution in [0.25, 0.3) is 0 Å². The van der Waals surface area contributed by atoms with Crippen molar-refractivity contribution < 1.29 is 14.3 Å². The van der Waals surface area contributed by atoms with Crippen LogP contribution < -0.4 is 10.1 Å². The quantitative estimate of drug-likeness (QED) is 0.847. The van der Waals surface area contributed by atoms with Crippen LogP contribution in [0.15, 0.2) is 30.9 Å². The first kappa shape index (κ1) is 14.9. The Bertz CT molecular complexity index is 484. The first-order valence-electron chi connectivity index (χ1n) is 6.66. The van der Waals surface area contributed by atoms with Gasteiger partial charge in [-0.25, -0.2) is 0 Å². The Kier molecular flexibility index (Phi) is 5.44. The third-order valence-corrected chi connectivity index (χ3v) is 3.32. The minimum Gasteiger partial charge on any atom is -0.489 e. The minimum atomic E-state index is -0.300. The van der Waals surface area contributed by atoms with Gasteiger partial charge in [0.15, 0.2) is 0 Å². The predicted octanol–water partition coefficient (Wildman–Crippen LogP) is 3.41. The Hall–Kier alpha value is -1.52. The van der Waals surface area contributed by atoms with Crippen LogP contribution in [0, 0.1) is 0 Å². The van der Waals surface area contributed by atoms with Gasteiger partial charge in [-0.15, -0.1) is 0 Å². The Morgan fingerprint density at radius 1 is 1.55 bits per heavy atom. The fourth-order valence-electron chi connectivity index (χ4n) is 2.03. The summed E-state index contributed by atoms with van der Waals surface area (Å²) < 4.78 is 11.4. The van der Waals surface area contributed by atoms with E-state index in [0.29, 0.717) is 23.1 Å². The van der Waals surface area contributed by atoms with E-state index >= 15 is 0 Å². The first-order chi connectivity index (χ1) is 9.69. The van der Waals surface area contributed by atoms with E-state index in [2.05, 4.69) is 11.9 Å². The highest BCUT2D eigenvalue weighted by atomic mass is 35.5. The number of ether oxygens (including phenoxy) is 2. The normalized spacial score (nSPS) is 18.4. The summed E-state index contributed by atoms with van der Waals surface area (Å²) in [5.74, 6) is 0.282. The monoisotopic (exact) mass is 295 g/mol. The third kappa shape index (κ3) is 4.25. The standard InChI is InChI=1S/C15H18ClNO3/c1-2-15(18)17-13-9-11(16)6-7-14(13)20-10-12-5-3-4-8-19-12/h2,6-7,9,12H,1,3-5,8,10H2,(H,17,18). The zero-order valence-corrected chi connectivity index (χ0v) is 12.0. The second-order valence-corrected chi connectivity index (χ2v) is 5.07. The number of amides is 1. The molecule has 0 aliphatic carbocycles. The van der Waals surface area contributed by atoms with E-state index in [4.69, 9.17) is 21.1 Å². The number of nitrogens with one attached hydrogen (secondary N) is 1. The molecule has 0 bridgehead atoms. The molecule has 5 heteroatoms. The van der Waals surface area contributed by atoms with Crippen molar-refractivity contribution >= 4 is 23.2 Å². The van der Waals surface area contributed by atoms with Crippen LogP contribution in [-0.2, 0) is 9.53 Å². The van der Waals surface area contributed by atoms with Gasteiger partial charge in [0.2, 0.25) is 5.91 Å². The van der Waals surface area contributed by atoms with E-state index in [1.165, 1.54) is 6.08 Å². The highest BCUT2D eigenvalue weighted by Gasteiger charge is 2.15. The summed E-state index contributed by atoms with van der Waals surface area (Å²) in [6, 6.07) is 5.12. The molecule has 0 spiro atoms. The lowest BCUT2D eigenvalue weighted by molar-refractivity contribution is -0.111. The van der Waals surface area contributed by atoms with Crippen molar-refractivity contribution in [3.8, 4) is 5.75 Å². The van der Waals surface area contributed by atoms with Crippen molar-refractivity contribution in [2.45, 2.75) is 25.4 Å². The van der Waals surface area contributed by atoms with Crippen molar-refractivity contribution in [1.29, 1.82) is 0 Å². The number of hydrogen-bond acceptors (Lipinski definition) is 3. The van der Waals surface area contributed by atoms with Gasteiger partial charge in [-0.05, 0) is 43.5 Å². The van der Waals surface area contributed by atoms with Gasteiger partial charge in [0.1, 0.15) is 12.4 Å². The summed E-state index contributed by atoms with van der Waals surface area (Å²) in [7, 11) is 0. The molecule has 4 nitrogen and oxygen atoms in total. The summed E-state index contributed by atoms with van der Waals surface area (Å²) in [4.78, 5) is 11.4. The lowest BCUT2D eigenvalue weighted by atomic mass is 10.1. The average Bonchev–Trinajstić information content (AvgIpc) is 2.47. The van der Waals surface area contributed by atoms with Gasteiger partial charge in [0.05, 0.1) is 11.8 Å². The maximum absolute atomic E-state index is 11.4. The summed E-state index contributed by atoms with van der Waals surface area (Å²) in [5.41, 5.74) is 0.540. The van der Waals surface area contributed by atoms with Crippen molar-refractivity contribution in [2.24, 2.45) is 0 Å². The maximum Gasteiger partial charge on any atom is 0.247 e. The molecule has 1 fully saturated rings. The maximum atomic E-state index is 11.4. The second-order valence-electron chi connectivity index (χ2n) is 4.63. The number of anilines is 1. The number of carbonyl (C=O) groups excluding carboxylic acids is 1. The Morgan fingerprint density at radius 2 is 2.40 bits per heavy atom. The van der Waals surface area contributed by atoms with E-state index in [9.17, 15) is 4.79 Å². The predicted molar refractivity (Wildman–Crippen MR) is 79.4 cm³/mol. The number of halogens is 1. The largest absolute Gasteiger partial charge is 0.489 e. The summed E-state index contributed by atoms with van der Waals surface area (Å²) in [6.07, 6.45) is 4.59. The molecule has 0 radical (unpaired) electrons. The summed E-state index contributed by atoms with van der Waals surface area (Å²) >= 11 is 5.93. The zero-order valence-electron chi connectivity index (χ0n) is 11.2. The SMILES string of the molecule is C=CC(=O)Nc1cc(Cl)ccc1OCC1CCCCO1. The smallest absolute Gasteiger partial charge is 0.247 e. The van der Waals surface area contributed by atoms with Gasteiger partial charge in [-0.1, -0.05) is 18.2 Å². The van der Waals surface area contributed by atoms with Gasteiger partial charge in [-0.2, -0.15) is 0 Å². The molecular formula is C15H18ClNO3. The molecule has 1 amide bonds. The van der Waals surface area contributed by atoms with E-state index < -0.39 is 0 Å². The fourth-order valence-corrected chi connectivity index (χ4v) is 2.20. The number of benzene rings is 1. The third-order valence-electron chi connectivity index (χ3n) is 3.08. The zero-order chi connectivity index (χ0) is 14.4. The van der Waals surface area contributed by atoms with E-state index in [0.717, 1.165) is 25.9 Å². The highest BCUT2D eigenvalue weighted by Crippen LogP contribution is 2.28. The van der Waals surface area contributed by atoms with Crippen LogP contribution >= 0.6 is 11.6 Å². The minimum absolute atomic E-state index is 0.113. The van der Waals surface area contributed by atoms with Crippen molar-refractivity contribution in [3.63, 3.8) is 0 Å².